The van der Waals surface area contributed by atoms with E-state index in [0.717, 1.165) is 18.7 Å². The molecule has 1 atom stereocenters. The van der Waals surface area contributed by atoms with Gasteiger partial charge in [-0.25, -0.2) is 0 Å². The number of thiocarbonyl (C=S) groups is 1. The van der Waals surface area contributed by atoms with E-state index in [1.165, 1.54) is 5.56 Å². The average Bonchev–Trinajstić information content (AvgIpc) is 2.29. The average molecular weight is 236 g/mol. The van der Waals surface area contributed by atoms with E-state index in [-0.39, 0.29) is 0 Å². The Morgan fingerprint density at radius 1 is 1.31 bits per heavy atom. The molecular formula is C13H20N2S. The van der Waals surface area contributed by atoms with Crippen molar-refractivity contribution < 1.29 is 0 Å². The lowest BCUT2D eigenvalue weighted by molar-refractivity contribution is 0.735. The predicted octanol–water partition coefficient (Wildman–Crippen LogP) is 3.51. The molecule has 0 bridgehead atoms. The largest absolute Gasteiger partial charge is 0.363 e. The van der Waals surface area contributed by atoms with E-state index in [9.17, 15) is 0 Å². The maximum absolute atomic E-state index is 5.20. The summed E-state index contributed by atoms with van der Waals surface area (Å²) in [5.41, 5.74) is 2.44. The lowest BCUT2D eigenvalue weighted by Crippen LogP contribution is -2.28. The third-order valence-electron chi connectivity index (χ3n) is 2.69. The first-order valence-corrected chi connectivity index (χ1v) is 6.23. The van der Waals surface area contributed by atoms with Crippen LogP contribution in [0.3, 0.4) is 0 Å². The van der Waals surface area contributed by atoms with Crippen LogP contribution >= 0.6 is 12.2 Å². The monoisotopic (exact) mass is 236 g/mol. The van der Waals surface area contributed by atoms with Crippen LogP contribution in [0.5, 0.6) is 0 Å². The Morgan fingerprint density at radius 3 is 2.62 bits per heavy atom. The molecule has 1 aromatic carbocycles. The van der Waals surface area contributed by atoms with E-state index < -0.39 is 0 Å². The number of rotatable bonds is 4. The fourth-order valence-electron chi connectivity index (χ4n) is 1.59. The first-order valence-electron chi connectivity index (χ1n) is 5.82. The number of hydrogen-bond acceptors (Lipinski definition) is 1. The first-order chi connectivity index (χ1) is 7.69. The van der Waals surface area contributed by atoms with E-state index >= 15 is 0 Å². The van der Waals surface area contributed by atoms with Crippen molar-refractivity contribution in [3.63, 3.8) is 0 Å². The molecule has 0 saturated carbocycles. The van der Waals surface area contributed by atoms with Gasteiger partial charge >= 0.3 is 0 Å². The van der Waals surface area contributed by atoms with E-state index in [2.05, 4.69) is 42.7 Å². The van der Waals surface area contributed by atoms with Gasteiger partial charge in [-0.3, -0.25) is 0 Å². The lowest BCUT2D eigenvalue weighted by Gasteiger charge is -2.17. The van der Waals surface area contributed by atoms with Crippen LogP contribution in [-0.4, -0.2) is 11.7 Å². The smallest absolute Gasteiger partial charge is 0.170 e. The summed E-state index contributed by atoms with van der Waals surface area (Å²) in [6.07, 6.45) is 1.13. The molecule has 0 radical (unpaired) electrons. The van der Waals surface area contributed by atoms with E-state index in [4.69, 9.17) is 12.2 Å². The minimum atomic E-state index is 0.549. The second-order valence-corrected chi connectivity index (χ2v) is 4.29. The van der Waals surface area contributed by atoms with Gasteiger partial charge in [0.25, 0.3) is 0 Å². The Morgan fingerprint density at radius 2 is 2.00 bits per heavy atom. The molecule has 0 aliphatic heterocycles. The van der Waals surface area contributed by atoms with Crippen LogP contribution in [0.15, 0.2) is 24.3 Å². The zero-order valence-corrected chi connectivity index (χ0v) is 11.0. The van der Waals surface area contributed by atoms with Crippen molar-refractivity contribution in [2.24, 2.45) is 0 Å². The SMILES string of the molecule is CCNC(=S)Nc1ccccc1C(C)CC. The van der Waals surface area contributed by atoms with Crippen molar-refractivity contribution in [2.45, 2.75) is 33.1 Å². The predicted molar refractivity (Wildman–Crippen MR) is 75.0 cm³/mol. The van der Waals surface area contributed by atoms with E-state index in [1.807, 2.05) is 13.0 Å². The summed E-state index contributed by atoms with van der Waals surface area (Å²) < 4.78 is 0. The maximum Gasteiger partial charge on any atom is 0.170 e. The normalized spacial score (nSPS) is 11.9. The van der Waals surface area contributed by atoms with Crippen molar-refractivity contribution in [1.82, 2.24) is 5.32 Å². The summed E-state index contributed by atoms with van der Waals surface area (Å²) in [4.78, 5) is 0. The van der Waals surface area contributed by atoms with Crippen LogP contribution < -0.4 is 10.6 Å². The third-order valence-corrected chi connectivity index (χ3v) is 2.94. The summed E-state index contributed by atoms with van der Waals surface area (Å²) in [6.45, 7) is 7.31. The molecule has 2 nitrogen and oxygen atoms in total. The molecule has 1 rings (SSSR count). The molecule has 16 heavy (non-hydrogen) atoms. The van der Waals surface area contributed by atoms with Crippen LogP contribution in [0.25, 0.3) is 0 Å². The van der Waals surface area contributed by atoms with Crippen molar-refractivity contribution in [2.75, 3.05) is 11.9 Å². The Balaban J connectivity index is 2.82. The molecule has 1 unspecified atom stereocenters. The summed E-state index contributed by atoms with van der Waals surface area (Å²) in [6, 6.07) is 8.34. The van der Waals surface area contributed by atoms with Crippen LogP contribution in [0.4, 0.5) is 5.69 Å². The molecule has 0 fully saturated rings. The molecule has 0 amide bonds. The Labute approximate surface area is 103 Å². The van der Waals surface area contributed by atoms with Crippen LogP contribution in [0, 0.1) is 0 Å². The third kappa shape index (κ3) is 3.49. The van der Waals surface area contributed by atoms with E-state index in [0.29, 0.717) is 11.0 Å². The molecule has 2 N–H and O–H groups in total. The number of para-hydroxylation sites is 1. The molecule has 0 aliphatic carbocycles. The summed E-state index contributed by atoms with van der Waals surface area (Å²) in [7, 11) is 0. The highest BCUT2D eigenvalue weighted by atomic mass is 32.1. The van der Waals surface area contributed by atoms with Gasteiger partial charge in [-0.1, -0.05) is 32.0 Å². The number of nitrogens with one attached hydrogen (secondary N) is 2. The van der Waals surface area contributed by atoms with Gasteiger partial charge in [-0.15, -0.1) is 0 Å². The standard InChI is InChI=1S/C13H20N2S/c1-4-10(3)11-8-6-7-9-12(11)15-13(16)14-5-2/h6-10H,4-5H2,1-3H3,(H2,14,15,16). The van der Waals surface area contributed by atoms with Gasteiger partial charge in [0.05, 0.1) is 0 Å². The van der Waals surface area contributed by atoms with Gasteiger partial charge in [0.1, 0.15) is 0 Å². The zero-order chi connectivity index (χ0) is 12.0. The number of hydrogen-bond donors (Lipinski definition) is 2. The van der Waals surface area contributed by atoms with Crippen molar-refractivity contribution in [3.05, 3.63) is 29.8 Å². The molecule has 0 aromatic heterocycles. The fraction of sp³-hybridized carbons (Fsp3) is 0.462. The fourth-order valence-corrected chi connectivity index (χ4v) is 1.84. The minimum Gasteiger partial charge on any atom is -0.363 e. The van der Waals surface area contributed by atoms with Crippen molar-refractivity contribution in [1.29, 1.82) is 0 Å². The zero-order valence-electron chi connectivity index (χ0n) is 10.2. The maximum atomic E-state index is 5.20. The van der Waals surface area contributed by atoms with Crippen molar-refractivity contribution in [3.8, 4) is 0 Å². The van der Waals surface area contributed by atoms with Gasteiger partial charge in [-0.05, 0) is 43.1 Å². The second kappa shape index (κ2) is 6.48. The van der Waals surface area contributed by atoms with Crippen LogP contribution in [-0.2, 0) is 0 Å². The first kappa shape index (κ1) is 13.0. The topological polar surface area (TPSA) is 24.1 Å². The Kier molecular flexibility index (Phi) is 5.26. The molecule has 0 spiro atoms. The van der Waals surface area contributed by atoms with Crippen LogP contribution in [0.2, 0.25) is 0 Å². The summed E-state index contributed by atoms with van der Waals surface area (Å²) >= 11 is 5.20. The molecule has 0 heterocycles. The molecule has 0 aliphatic rings. The molecule has 88 valence electrons. The van der Waals surface area contributed by atoms with Crippen LogP contribution in [0.1, 0.15) is 38.7 Å². The molecular weight excluding hydrogens is 216 g/mol. The van der Waals surface area contributed by atoms with Gasteiger partial charge < -0.3 is 10.6 Å². The quantitative estimate of drug-likeness (QED) is 0.782. The Hall–Kier alpha value is -1.09. The number of benzene rings is 1. The molecule has 1 aromatic rings. The van der Waals surface area contributed by atoms with Gasteiger partial charge in [0.2, 0.25) is 0 Å². The number of anilines is 1. The van der Waals surface area contributed by atoms with Gasteiger partial charge in [0, 0.05) is 12.2 Å². The highest BCUT2D eigenvalue weighted by Gasteiger charge is 2.08. The Bertz CT molecular complexity index is 350. The second-order valence-electron chi connectivity index (χ2n) is 3.88. The molecule has 0 saturated heterocycles. The molecule has 3 heteroatoms. The van der Waals surface area contributed by atoms with Gasteiger partial charge in [-0.2, -0.15) is 0 Å². The van der Waals surface area contributed by atoms with Gasteiger partial charge in [0.15, 0.2) is 5.11 Å². The highest BCUT2D eigenvalue weighted by Crippen LogP contribution is 2.26. The highest BCUT2D eigenvalue weighted by molar-refractivity contribution is 7.80. The minimum absolute atomic E-state index is 0.549. The lowest BCUT2D eigenvalue weighted by atomic mass is 9.97. The van der Waals surface area contributed by atoms with Crippen molar-refractivity contribution >= 4 is 23.0 Å². The van der Waals surface area contributed by atoms with E-state index in [1.54, 1.807) is 0 Å². The summed E-state index contributed by atoms with van der Waals surface area (Å²) in [5.74, 6) is 0.549. The summed E-state index contributed by atoms with van der Waals surface area (Å²) in [5, 5.41) is 7.04.